The van der Waals surface area contributed by atoms with E-state index in [1.165, 1.54) is 33.0 Å². The molecule has 7 rings (SSSR count). The van der Waals surface area contributed by atoms with Crippen LogP contribution in [0.15, 0.2) is 137 Å². The van der Waals surface area contributed by atoms with Crippen molar-refractivity contribution in [2.75, 3.05) is 0 Å². The SMILES string of the molecule is Cl.Cl.O=c1cc(C2c3ccccc3-c3ccccc32)oc2ccccc12.c1ccc2ccccc2c1. The fraction of sp³-hybridized carbons (Fsp3) is 0.0312. The van der Waals surface area contributed by atoms with Gasteiger partial charge in [-0.3, -0.25) is 4.79 Å². The van der Waals surface area contributed by atoms with Gasteiger partial charge in [0.25, 0.3) is 0 Å². The van der Waals surface area contributed by atoms with Crippen LogP contribution in [0.4, 0.5) is 0 Å². The molecular formula is C32H24Cl2O2. The van der Waals surface area contributed by atoms with Crippen molar-refractivity contribution in [3.05, 3.63) is 155 Å². The molecule has 0 atom stereocenters. The van der Waals surface area contributed by atoms with Crippen molar-refractivity contribution in [3.8, 4) is 11.1 Å². The van der Waals surface area contributed by atoms with Crippen LogP contribution in [-0.2, 0) is 0 Å². The van der Waals surface area contributed by atoms with Gasteiger partial charge in [0.1, 0.15) is 11.3 Å². The minimum Gasteiger partial charge on any atom is -0.460 e. The minimum absolute atomic E-state index is 0. The zero-order valence-electron chi connectivity index (χ0n) is 19.3. The molecule has 1 heterocycles. The highest BCUT2D eigenvalue weighted by molar-refractivity contribution is 5.86. The van der Waals surface area contributed by atoms with E-state index in [0.29, 0.717) is 16.7 Å². The van der Waals surface area contributed by atoms with Crippen LogP contribution in [-0.4, -0.2) is 0 Å². The van der Waals surface area contributed by atoms with Gasteiger partial charge in [0.2, 0.25) is 0 Å². The number of fused-ring (bicyclic) bond motifs is 5. The van der Waals surface area contributed by atoms with Crippen molar-refractivity contribution in [1.82, 2.24) is 0 Å². The lowest BCUT2D eigenvalue weighted by Gasteiger charge is -2.13. The van der Waals surface area contributed by atoms with Gasteiger partial charge in [-0.15, -0.1) is 24.8 Å². The Labute approximate surface area is 222 Å². The van der Waals surface area contributed by atoms with Gasteiger partial charge in [0.15, 0.2) is 5.43 Å². The summed E-state index contributed by atoms with van der Waals surface area (Å²) in [5, 5.41) is 3.25. The third-order valence-electron chi connectivity index (χ3n) is 6.43. The van der Waals surface area contributed by atoms with Gasteiger partial charge < -0.3 is 4.42 Å². The van der Waals surface area contributed by atoms with Crippen LogP contribution in [0.2, 0.25) is 0 Å². The lowest BCUT2D eigenvalue weighted by molar-refractivity contribution is 0.531. The van der Waals surface area contributed by atoms with Crippen molar-refractivity contribution in [2.45, 2.75) is 5.92 Å². The molecule has 36 heavy (non-hydrogen) atoms. The number of benzene rings is 5. The smallest absolute Gasteiger partial charge is 0.192 e. The first-order valence-electron chi connectivity index (χ1n) is 11.4. The molecule has 0 amide bonds. The molecule has 0 fully saturated rings. The Morgan fingerprint density at radius 3 is 1.53 bits per heavy atom. The maximum atomic E-state index is 12.5. The van der Waals surface area contributed by atoms with Gasteiger partial charge in [-0.25, -0.2) is 0 Å². The molecule has 1 aliphatic carbocycles. The second kappa shape index (κ2) is 10.8. The summed E-state index contributed by atoms with van der Waals surface area (Å²) in [6, 6.07) is 42.5. The number of rotatable bonds is 1. The molecule has 0 aliphatic heterocycles. The van der Waals surface area contributed by atoms with Gasteiger partial charge in [-0.1, -0.05) is 109 Å². The van der Waals surface area contributed by atoms with E-state index in [0.717, 1.165) is 0 Å². The summed E-state index contributed by atoms with van der Waals surface area (Å²) >= 11 is 0. The predicted molar refractivity (Wildman–Crippen MR) is 154 cm³/mol. The summed E-state index contributed by atoms with van der Waals surface area (Å²) in [7, 11) is 0. The third kappa shape index (κ3) is 4.54. The zero-order chi connectivity index (χ0) is 22.9. The molecule has 1 aromatic heterocycles. The summed E-state index contributed by atoms with van der Waals surface area (Å²) in [4.78, 5) is 12.5. The van der Waals surface area contributed by atoms with Crippen molar-refractivity contribution in [1.29, 1.82) is 0 Å². The Kier molecular flexibility index (Phi) is 7.59. The quantitative estimate of drug-likeness (QED) is 0.221. The highest BCUT2D eigenvalue weighted by Gasteiger charge is 2.31. The molecule has 0 saturated carbocycles. The summed E-state index contributed by atoms with van der Waals surface area (Å²) in [5.41, 5.74) is 5.47. The molecule has 0 saturated heterocycles. The van der Waals surface area contributed by atoms with Crippen LogP contribution in [0.3, 0.4) is 0 Å². The topological polar surface area (TPSA) is 30.2 Å². The van der Waals surface area contributed by atoms with Crippen LogP contribution in [0, 0.1) is 0 Å². The van der Waals surface area contributed by atoms with E-state index in [4.69, 9.17) is 4.42 Å². The largest absolute Gasteiger partial charge is 0.460 e. The minimum atomic E-state index is -0.0327. The van der Waals surface area contributed by atoms with Crippen LogP contribution < -0.4 is 5.43 Å². The number of para-hydroxylation sites is 1. The molecular weight excluding hydrogens is 487 g/mol. The second-order valence-corrected chi connectivity index (χ2v) is 8.46. The van der Waals surface area contributed by atoms with E-state index in [9.17, 15) is 4.79 Å². The van der Waals surface area contributed by atoms with Crippen LogP contribution >= 0.6 is 24.8 Å². The van der Waals surface area contributed by atoms with E-state index < -0.39 is 0 Å². The van der Waals surface area contributed by atoms with Crippen molar-refractivity contribution >= 4 is 46.6 Å². The Morgan fingerprint density at radius 1 is 0.528 bits per heavy atom. The third-order valence-corrected chi connectivity index (χ3v) is 6.43. The van der Waals surface area contributed by atoms with Crippen molar-refractivity contribution in [3.63, 3.8) is 0 Å². The molecule has 0 spiro atoms. The molecule has 0 radical (unpaired) electrons. The van der Waals surface area contributed by atoms with Crippen LogP contribution in [0.5, 0.6) is 0 Å². The molecule has 178 valence electrons. The summed E-state index contributed by atoms with van der Waals surface area (Å²) in [5.74, 6) is 0.672. The Morgan fingerprint density at radius 2 is 0.972 bits per heavy atom. The van der Waals surface area contributed by atoms with E-state index in [2.05, 4.69) is 84.9 Å². The maximum absolute atomic E-state index is 12.5. The zero-order valence-corrected chi connectivity index (χ0v) is 21.0. The fourth-order valence-corrected chi connectivity index (χ4v) is 4.86. The Bertz CT molecular complexity index is 1590. The summed E-state index contributed by atoms with van der Waals surface area (Å²) in [6.45, 7) is 0. The number of hydrogen-bond acceptors (Lipinski definition) is 2. The number of hydrogen-bond donors (Lipinski definition) is 0. The molecule has 0 N–H and O–H groups in total. The summed E-state index contributed by atoms with van der Waals surface area (Å²) < 4.78 is 6.14. The van der Waals surface area contributed by atoms with Crippen molar-refractivity contribution < 1.29 is 4.42 Å². The first kappa shape index (κ1) is 25.2. The Balaban J connectivity index is 0.000000215. The van der Waals surface area contributed by atoms with Gasteiger partial charge in [0, 0.05) is 6.07 Å². The van der Waals surface area contributed by atoms with Gasteiger partial charge in [-0.05, 0) is 45.2 Å². The highest BCUT2D eigenvalue weighted by atomic mass is 35.5. The standard InChI is InChI=1S/C22H14O2.C10H8.2ClH/c23-19-13-21(24-20-12-6-5-11-18(19)20)22-16-9-3-1-7-14(16)15-8-2-4-10-17(15)22;1-2-6-10-8-4-3-7-9(10)5-1;;/h1-13,22H;1-8H;2*1H. The average Bonchev–Trinajstić information content (AvgIpc) is 3.24. The fourth-order valence-electron chi connectivity index (χ4n) is 4.86. The summed E-state index contributed by atoms with van der Waals surface area (Å²) in [6.07, 6.45) is 0. The highest BCUT2D eigenvalue weighted by Crippen LogP contribution is 2.47. The van der Waals surface area contributed by atoms with Crippen molar-refractivity contribution in [2.24, 2.45) is 0 Å². The first-order valence-corrected chi connectivity index (χ1v) is 11.4. The average molecular weight is 511 g/mol. The molecule has 2 nitrogen and oxygen atoms in total. The molecule has 4 heteroatoms. The lowest BCUT2D eigenvalue weighted by Crippen LogP contribution is -2.06. The van der Waals surface area contributed by atoms with E-state index >= 15 is 0 Å². The van der Waals surface area contributed by atoms with E-state index in [1.54, 1.807) is 6.07 Å². The number of halogens is 2. The van der Waals surface area contributed by atoms with Crippen LogP contribution in [0.1, 0.15) is 22.8 Å². The lowest BCUT2D eigenvalue weighted by atomic mass is 9.94. The van der Waals surface area contributed by atoms with Gasteiger partial charge in [-0.2, -0.15) is 0 Å². The maximum Gasteiger partial charge on any atom is 0.192 e. The van der Waals surface area contributed by atoms with E-state index in [1.807, 2.05) is 36.4 Å². The van der Waals surface area contributed by atoms with Gasteiger partial charge in [0.05, 0.1) is 11.3 Å². The first-order chi connectivity index (χ1) is 16.8. The second-order valence-electron chi connectivity index (χ2n) is 8.46. The molecule has 5 aromatic carbocycles. The van der Waals surface area contributed by atoms with Gasteiger partial charge >= 0.3 is 0 Å². The predicted octanol–water partition coefficient (Wildman–Crippen LogP) is 8.64. The molecule has 0 bridgehead atoms. The normalized spacial score (nSPS) is 11.4. The molecule has 0 unspecified atom stereocenters. The Hall–Kier alpha value is -3.85. The molecule has 1 aliphatic rings. The molecule has 6 aromatic rings. The monoisotopic (exact) mass is 510 g/mol. The van der Waals surface area contributed by atoms with E-state index in [-0.39, 0.29) is 36.2 Å². The van der Waals surface area contributed by atoms with Crippen LogP contribution in [0.25, 0.3) is 32.9 Å².